The third kappa shape index (κ3) is 7.47. The van der Waals surface area contributed by atoms with E-state index in [1.54, 1.807) is 16.2 Å². The van der Waals surface area contributed by atoms with Crippen LogP contribution in [-0.2, 0) is 17.9 Å². The summed E-state index contributed by atoms with van der Waals surface area (Å²) in [6, 6.07) is 18.0. The number of thiophene rings is 1. The standard InChI is InChI=1S/C32H43N3O2S/c1-8-25(7)35(32(37)33-31-27(22(2)3)15-12-16-28(31)23(4)5)21-30(36)34(19-26-13-10-9-11-14-26)20-29-24(6)17-18-38-29/h9-18,22-23,25H,8,19-21H2,1-7H3,(H,33,37). The van der Waals surface area contributed by atoms with Crippen molar-refractivity contribution in [1.29, 1.82) is 0 Å². The van der Waals surface area contributed by atoms with Crippen molar-refractivity contribution in [1.82, 2.24) is 9.80 Å². The number of anilines is 1. The minimum atomic E-state index is -0.227. The third-order valence-corrected chi connectivity index (χ3v) is 8.17. The Morgan fingerprint density at radius 3 is 2.03 bits per heavy atom. The van der Waals surface area contributed by atoms with Crippen molar-refractivity contribution in [2.75, 3.05) is 11.9 Å². The largest absolute Gasteiger partial charge is 0.332 e. The zero-order valence-electron chi connectivity index (χ0n) is 24.0. The van der Waals surface area contributed by atoms with Gasteiger partial charge in [-0.25, -0.2) is 4.79 Å². The van der Waals surface area contributed by atoms with Gasteiger partial charge >= 0.3 is 6.03 Å². The number of carbonyl (C=O) groups is 2. The van der Waals surface area contributed by atoms with Gasteiger partial charge < -0.3 is 15.1 Å². The molecule has 0 saturated carbocycles. The maximum atomic E-state index is 13.8. The molecule has 1 heterocycles. The first-order chi connectivity index (χ1) is 18.1. The number of amides is 3. The molecule has 6 heteroatoms. The fourth-order valence-electron chi connectivity index (χ4n) is 4.54. The molecule has 3 aromatic rings. The Balaban J connectivity index is 1.88. The van der Waals surface area contributed by atoms with Crippen LogP contribution in [0.25, 0.3) is 0 Å². The highest BCUT2D eigenvalue weighted by Crippen LogP contribution is 2.33. The van der Waals surface area contributed by atoms with Gasteiger partial charge in [-0.1, -0.05) is 83.1 Å². The number of aryl methyl sites for hydroxylation is 1. The van der Waals surface area contributed by atoms with Crippen LogP contribution in [0.4, 0.5) is 10.5 Å². The SMILES string of the molecule is CCC(C)N(CC(=O)N(Cc1ccccc1)Cc1sccc1C)C(=O)Nc1c(C(C)C)cccc1C(C)C. The molecule has 204 valence electrons. The van der Waals surface area contributed by atoms with Gasteiger partial charge in [-0.15, -0.1) is 11.3 Å². The monoisotopic (exact) mass is 533 g/mol. The van der Waals surface area contributed by atoms with Gasteiger partial charge in [0, 0.05) is 23.2 Å². The Kier molecular flexibility index (Phi) is 10.5. The van der Waals surface area contributed by atoms with E-state index in [2.05, 4.69) is 69.6 Å². The molecule has 0 radical (unpaired) electrons. The molecule has 0 bridgehead atoms. The molecule has 0 spiro atoms. The Hall–Kier alpha value is -3.12. The van der Waals surface area contributed by atoms with Crippen molar-refractivity contribution in [2.45, 2.75) is 85.9 Å². The Bertz CT molecular complexity index is 1180. The van der Waals surface area contributed by atoms with E-state index in [0.717, 1.165) is 28.8 Å². The summed E-state index contributed by atoms with van der Waals surface area (Å²) in [5.41, 5.74) is 5.35. The summed E-state index contributed by atoms with van der Waals surface area (Å²) < 4.78 is 0. The topological polar surface area (TPSA) is 52.7 Å². The predicted octanol–water partition coefficient (Wildman–Crippen LogP) is 8.16. The van der Waals surface area contributed by atoms with E-state index >= 15 is 0 Å². The second-order valence-corrected chi connectivity index (χ2v) is 11.7. The summed E-state index contributed by atoms with van der Waals surface area (Å²) in [6.07, 6.45) is 0.756. The molecule has 0 saturated heterocycles. The first-order valence-corrected chi connectivity index (χ1v) is 14.5. The molecule has 1 aromatic heterocycles. The van der Waals surface area contributed by atoms with Crippen LogP contribution in [-0.4, -0.2) is 34.3 Å². The minimum Gasteiger partial charge on any atom is -0.332 e. The molecule has 0 fully saturated rings. The number of carbonyl (C=O) groups excluding carboxylic acids is 2. The van der Waals surface area contributed by atoms with E-state index in [-0.39, 0.29) is 36.4 Å². The average molecular weight is 534 g/mol. The van der Waals surface area contributed by atoms with E-state index in [1.807, 2.05) is 49.1 Å². The number of rotatable bonds is 11. The number of nitrogens with one attached hydrogen (secondary N) is 1. The molecule has 38 heavy (non-hydrogen) atoms. The van der Waals surface area contributed by atoms with Gasteiger partial charge in [-0.2, -0.15) is 0 Å². The van der Waals surface area contributed by atoms with Gasteiger partial charge in [0.05, 0.1) is 6.54 Å². The van der Waals surface area contributed by atoms with Crippen LogP contribution < -0.4 is 5.32 Å². The molecule has 2 aromatic carbocycles. The second-order valence-electron chi connectivity index (χ2n) is 10.7. The molecule has 1 unspecified atom stereocenters. The molecule has 0 aliphatic carbocycles. The second kappa shape index (κ2) is 13.6. The first-order valence-electron chi connectivity index (χ1n) is 13.7. The lowest BCUT2D eigenvalue weighted by atomic mass is 9.92. The molecule has 3 rings (SSSR count). The van der Waals surface area contributed by atoms with E-state index in [4.69, 9.17) is 0 Å². The highest BCUT2D eigenvalue weighted by Gasteiger charge is 2.27. The summed E-state index contributed by atoms with van der Waals surface area (Å²) in [4.78, 5) is 32.4. The smallest absolute Gasteiger partial charge is 0.322 e. The van der Waals surface area contributed by atoms with Gasteiger partial charge in [-0.3, -0.25) is 4.79 Å². The van der Waals surface area contributed by atoms with E-state index < -0.39 is 0 Å². The zero-order chi connectivity index (χ0) is 27.8. The maximum absolute atomic E-state index is 13.8. The quantitative estimate of drug-likeness (QED) is 0.270. The van der Waals surface area contributed by atoms with Gasteiger partial charge in [0.25, 0.3) is 0 Å². The summed E-state index contributed by atoms with van der Waals surface area (Å²) in [7, 11) is 0. The van der Waals surface area contributed by atoms with Crippen LogP contribution in [0.15, 0.2) is 60.0 Å². The predicted molar refractivity (Wildman–Crippen MR) is 160 cm³/mol. The minimum absolute atomic E-state index is 0.0267. The van der Waals surface area contributed by atoms with Crippen LogP contribution >= 0.6 is 11.3 Å². The lowest BCUT2D eigenvalue weighted by Crippen LogP contribution is -2.48. The summed E-state index contributed by atoms with van der Waals surface area (Å²) >= 11 is 1.67. The summed E-state index contributed by atoms with van der Waals surface area (Å²) in [6.45, 7) is 15.7. The number of hydrogen-bond acceptors (Lipinski definition) is 3. The van der Waals surface area contributed by atoms with E-state index in [1.165, 1.54) is 10.4 Å². The molecular weight excluding hydrogens is 490 g/mol. The number of para-hydroxylation sites is 1. The molecular formula is C32H43N3O2S. The van der Waals surface area contributed by atoms with Crippen molar-refractivity contribution in [3.63, 3.8) is 0 Å². The lowest BCUT2D eigenvalue weighted by Gasteiger charge is -2.32. The van der Waals surface area contributed by atoms with Crippen LogP contribution in [0.2, 0.25) is 0 Å². The van der Waals surface area contributed by atoms with Gasteiger partial charge in [0.2, 0.25) is 5.91 Å². The number of hydrogen-bond donors (Lipinski definition) is 1. The van der Waals surface area contributed by atoms with Crippen molar-refractivity contribution in [3.05, 3.63) is 87.1 Å². The third-order valence-electron chi connectivity index (χ3n) is 7.17. The van der Waals surface area contributed by atoms with Gasteiger partial charge in [0.15, 0.2) is 0 Å². The Morgan fingerprint density at radius 1 is 0.868 bits per heavy atom. The number of nitrogens with zero attached hydrogens (tertiary/aromatic N) is 2. The lowest BCUT2D eigenvalue weighted by molar-refractivity contribution is -0.133. The average Bonchev–Trinajstić information content (AvgIpc) is 3.30. The Morgan fingerprint density at radius 2 is 1.50 bits per heavy atom. The van der Waals surface area contributed by atoms with E-state index in [0.29, 0.717) is 13.1 Å². The van der Waals surface area contributed by atoms with Gasteiger partial charge in [-0.05, 0) is 65.8 Å². The normalized spacial score (nSPS) is 12.0. The summed E-state index contributed by atoms with van der Waals surface area (Å²) in [5.74, 6) is 0.467. The number of urea groups is 1. The zero-order valence-corrected chi connectivity index (χ0v) is 24.8. The van der Waals surface area contributed by atoms with Crippen LogP contribution in [0.5, 0.6) is 0 Å². The van der Waals surface area contributed by atoms with Crippen molar-refractivity contribution >= 4 is 29.0 Å². The van der Waals surface area contributed by atoms with Crippen LogP contribution in [0.1, 0.15) is 86.9 Å². The highest BCUT2D eigenvalue weighted by atomic mass is 32.1. The Labute approximate surface area is 232 Å². The molecule has 1 atom stereocenters. The molecule has 0 aliphatic rings. The first kappa shape index (κ1) is 29.4. The molecule has 5 nitrogen and oxygen atoms in total. The van der Waals surface area contributed by atoms with Crippen LogP contribution in [0, 0.1) is 6.92 Å². The number of benzene rings is 2. The summed E-state index contributed by atoms with van der Waals surface area (Å²) in [5, 5.41) is 5.29. The highest BCUT2D eigenvalue weighted by molar-refractivity contribution is 7.10. The van der Waals surface area contributed by atoms with Crippen molar-refractivity contribution in [2.24, 2.45) is 0 Å². The van der Waals surface area contributed by atoms with Crippen molar-refractivity contribution < 1.29 is 9.59 Å². The fourth-order valence-corrected chi connectivity index (χ4v) is 5.46. The van der Waals surface area contributed by atoms with Gasteiger partial charge in [0.1, 0.15) is 6.54 Å². The molecule has 1 N–H and O–H groups in total. The van der Waals surface area contributed by atoms with Crippen molar-refractivity contribution in [3.8, 4) is 0 Å². The maximum Gasteiger partial charge on any atom is 0.322 e. The van der Waals surface area contributed by atoms with E-state index in [9.17, 15) is 9.59 Å². The van der Waals surface area contributed by atoms with Crippen LogP contribution in [0.3, 0.4) is 0 Å². The molecule has 3 amide bonds. The molecule has 0 aliphatic heterocycles. The fraction of sp³-hybridized carbons (Fsp3) is 0.438.